The van der Waals surface area contributed by atoms with Crippen LogP contribution >= 0.6 is 10.7 Å². The average Bonchev–Trinajstić information content (AvgIpc) is 2.37. The zero-order valence-electron chi connectivity index (χ0n) is 11.9. The fraction of sp³-hybridized carbons (Fsp3) is 0.462. The number of esters is 1. The van der Waals surface area contributed by atoms with Crippen LogP contribution in [-0.4, -0.2) is 33.7 Å². The molecule has 0 radical (unpaired) electrons. The number of carbonyl (C=O) groups excluding carboxylic acids is 1. The largest absolute Gasteiger partial charge is 0.462 e. The highest BCUT2D eigenvalue weighted by Gasteiger charge is 2.21. The van der Waals surface area contributed by atoms with Gasteiger partial charge in [0.15, 0.2) is 0 Å². The minimum Gasteiger partial charge on any atom is -0.462 e. The van der Waals surface area contributed by atoms with E-state index in [2.05, 4.69) is 0 Å². The third-order valence-electron chi connectivity index (χ3n) is 2.92. The van der Waals surface area contributed by atoms with Gasteiger partial charge in [0.1, 0.15) is 10.7 Å². The molecule has 0 fully saturated rings. The molecule has 1 aromatic carbocycles. The summed E-state index contributed by atoms with van der Waals surface area (Å²) in [7, 11) is 2.36. The van der Waals surface area contributed by atoms with Crippen LogP contribution in [0.15, 0.2) is 23.1 Å². The van der Waals surface area contributed by atoms with Crippen molar-refractivity contribution in [1.29, 1.82) is 0 Å². The Morgan fingerprint density at radius 3 is 2.52 bits per heavy atom. The molecule has 118 valence electrons. The maximum absolute atomic E-state index is 13.4. The summed E-state index contributed by atoms with van der Waals surface area (Å²) in [6.07, 6.45) is 0.455. The Bertz CT molecular complexity index is 627. The first-order valence-electron chi connectivity index (χ1n) is 6.03. The van der Waals surface area contributed by atoms with E-state index < -0.39 is 31.3 Å². The predicted octanol–water partition coefficient (Wildman–Crippen LogP) is 2.73. The van der Waals surface area contributed by atoms with Gasteiger partial charge in [-0.05, 0) is 32.0 Å². The fourth-order valence-electron chi connectivity index (χ4n) is 1.39. The SMILES string of the molecule is COC(C)(C)CCOC(=O)c1ccc(F)c(S(=O)(=O)Cl)c1. The van der Waals surface area contributed by atoms with Crippen LogP contribution in [0.4, 0.5) is 4.39 Å². The van der Waals surface area contributed by atoms with Crippen LogP contribution in [0.3, 0.4) is 0 Å². The second kappa shape index (κ2) is 6.72. The van der Waals surface area contributed by atoms with Gasteiger partial charge in [-0.1, -0.05) is 0 Å². The lowest BCUT2D eigenvalue weighted by Crippen LogP contribution is -2.25. The molecule has 0 atom stereocenters. The minimum atomic E-state index is -4.27. The van der Waals surface area contributed by atoms with Gasteiger partial charge in [0, 0.05) is 24.2 Å². The molecule has 0 aromatic heterocycles. The number of rotatable bonds is 6. The molecule has 0 bridgehead atoms. The zero-order chi connectivity index (χ0) is 16.3. The summed E-state index contributed by atoms with van der Waals surface area (Å²) in [6.45, 7) is 3.74. The van der Waals surface area contributed by atoms with Gasteiger partial charge in [0.05, 0.1) is 17.8 Å². The van der Waals surface area contributed by atoms with Crippen LogP contribution in [0.1, 0.15) is 30.6 Å². The molecule has 0 heterocycles. The summed E-state index contributed by atoms with van der Waals surface area (Å²) in [5, 5.41) is 0. The number of benzene rings is 1. The molecule has 1 aromatic rings. The topological polar surface area (TPSA) is 69.7 Å². The predicted molar refractivity (Wildman–Crippen MR) is 75.4 cm³/mol. The van der Waals surface area contributed by atoms with Crippen molar-refractivity contribution in [3.63, 3.8) is 0 Å². The van der Waals surface area contributed by atoms with Crippen molar-refractivity contribution in [3.8, 4) is 0 Å². The molecule has 0 saturated heterocycles. The highest BCUT2D eigenvalue weighted by atomic mass is 35.7. The van der Waals surface area contributed by atoms with Crippen LogP contribution in [0.25, 0.3) is 0 Å². The zero-order valence-corrected chi connectivity index (χ0v) is 13.4. The molecule has 5 nitrogen and oxygen atoms in total. The van der Waals surface area contributed by atoms with E-state index in [1.165, 1.54) is 0 Å². The Morgan fingerprint density at radius 2 is 2.00 bits per heavy atom. The van der Waals surface area contributed by atoms with Crippen LogP contribution in [0, 0.1) is 5.82 Å². The fourth-order valence-corrected chi connectivity index (χ4v) is 2.32. The third kappa shape index (κ3) is 5.26. The van der Waals surface area contributed by atoms with E-state index in [-0.39, 0.29) is 12.2 Å². The number of carbonyl (C=O) groups is 1. The monoisotopic (exact) mass is 338 g/mol. The van der Waals surface area contributed by atoms with Gasteiger partial charge < -0.3 is 9.47 Å². The van der Waals surface area contributed by atoms with Crippen molar-refractivity contribution in [2.45, 2.75) is 30.8 Å². The maximum Gasteiger partial charge on any atom is 0.338 e. The molecule has 0 spiro atoms. The standard InChI is InChI=1S/C13H16ClFO5S/c1-13(2,19-3)6-7-20-12(16)9-4-5-10(15)11(8-9)21(14,17)18/h4-5,8H,6-7H2,1-3H3. The third-order valence-corrected chi connectivity index (χ3v) is 4.26. The maximum atomic E-state index is 13.4. The van der Waals surface area contributed by atoms with Crippen molar-refractivity contribution in [2.24, 2.45) is 0 Å². The van der Waals surface area contributed by atoms with E-state index in [4.69, 9.17) is 20.2 Å². The first kappa shape index (κ1) is 17.9. The summed E-state index contributed by atoms with van der Waals surface area (Å²) >= 11 is 0. The second-order valence-electron chi connectivity index (χ2n) is 4.93. The van der Waals surface area contributed by atoms with Crippen LogP contribution in [-0.2, 0) is 18.5 Å². The summed E-state index contributed by atoms with van der Waals surface area (Å²) in [6, 6.07) is 2.83. The Morgan fingerprint density at radius 1 is 1.38 bits per heavy atom. The van der Waals surface area contributed by atoms with Gasteiger partial charge in [-0.3, -0.25) is 0 Å². The van der Waals surface area contributed by atoms with E-state index in [1.54, 1.807) is 7.11 Å². The normalized spacial score (nSPS) is 12.2. The first-order valence-corrected chi connectivity index (χ1v) is 8.34. The molecule has 0 amide bonds. The quantitative estimate of drug-likeness (QED) is 0.589. The highest BCUT2D eigenvalue weighted by Crippen LogP contribution is 2.21. The highest BCUT2D eigenvalue weighted by molar-refractivity contribution is 8.13. The van der Waals surface area contributed by atoms with Crippen molar-refractivity contribution < 1.29 is 27.1 Å². The van der Waals surface area contributed by atoms with E-state index in [0.29, 0.717) is 6.42 Å². The summed E-state index contributed by atoms with van der Waals surface area (Å²) in [5.74, 6) is -1.79. The van der Waals surface area contributed by atoms with Crippen molar-refractivity contribution >= 4 is 25.7 Å². The summed E-state index contributed by atoms with van der Waals surface area (Å²) in [4.78, 5) is 11.0. The molecule has 1 rings (SSSR count). The van der Waals surface area contributed by atoms with Crippen LogP contribution in [0.2, 0.25) is 0 Å². The van der Waals surface area contributed by atoms with Gasteiger partial charge in [-0.2, -0.15) is 0 Å². The molecular weight excluding hydrogens is 323 g/mol. The number of ether oxygens (including phenoxy) is 2. The number of hydrogen-bond donors (Lipinski definition) is 0. The molecular formula is C13H16ClFO5S. The lowest BCUT2D eigenvalue weighted by atomic mass is 10.1. The van der Waals surface area contributed by atoms with E-state index in [9.17, 15) is 17.6 Å². The molecule has 0 aliphatic rings. The van der Waals surface area contributed by atoms with Gasteiger partial charge in [-0.25, -0.2) is 17.6 Å². The van der Waals surface area contributed by atoms with Crippen molar-refractivity contribution in [1.82, 2.24) is 0 Å². The Kier molecular flexibility index (Phi) is 5.72. The number of halogens is 2. The van der Waals surface area contributed by atoms with Crippen molar-refractivity contribution in [2.75, 3.05) is 13.7 Å². The lowest BCUT2D eigenvalue weighted by Gasteiger charge is -2.22. The van der Waals surface area contributed by atoms with Gasteiger partial charge in [0.25, 0.3) is 9.05 Å². The second-order valence-corrected chi connectivity index (χ2v) is 7.47. The summed E-state index contributed by atoms with van der Waals surface area (Å²) in [5.41, 5.74) is -0.542. The lowest BCUT2D eigenvalue weighted by molar-refractivity contribution is -0.00564. The minimum absolute atomic E-state index is 0.0833. The van der Waals surface area contributed by atoms with Gasteiger partial charge in [-0.15, -0.1) is 0 Å². The molecule has 0 aliphatic carbocycles. The van der Waals surface area contributed by atoms with E-state index >= 15 is 0 Å². The Balaban J connectivity index is 2.81. The first-order chi connectivity index (χ1) is 9.57. The molecule has 0 unspecified atom stereocenters. The molecule has 21 heavy (non-hydrogen) atoms. The summed E-state index contributed by atoms with van der Waals surface area (Å²) < 4.78 is 45.9. The molecule has 0 saturated carbocycles. The average molecular weight is 339 g/mol. The van der Waals surface area contributed by atoms with Crippen molar-refractivity contribution in [3.05, 3.63) is 29.6 Å². The van der Waals surface area contributed by atoms with E-state index in [1.807, 2.05) is 13.8 Å². The molecule has 0 N–H and O–H groups in total. The molecule has 8 heteroatoms. The van der Waals surface area contributed by atoms with Gasteiger partial charge in [0.2, 0.25) is 0 Å². The van der Waals surface area contributed by atoms with Crippen LogP contribution < -0.4 is 0 Å². The molecule has 0 aliphatic heterocycles. The Labute approximate surface area is 127 Å². The van der Waals surface area contributed by atoms with Gasteiger partial charge >= 0.3 is 5.97 Å². The number of methoxy groups -OCH3 is 1. The number of hydrogen-bond acceptors (Lipinski definition) is 5. The van der Waals surface area contributed by atoms with E-state index in [0.717, 1.165) is 18.2 Å². The van der Waals surface area contributed by atoms with Crippen LogP contribution in [0.5, 0.6) is 0 Å². The smallest absolute Gasteiger partial charge is 0.338 e. The Hall–Kier alpha value is -1.18.